The summed E-state index contributed by atoms with van der Waals surface area (Å²) < 4.78 is 5.33. The standard InChI is InChI=1S/C11H23NO/c1-3-13-8-4-5-10-6-7-11(9-10)12-2/h10-12H,3-9H2,1-2H3. The van der Waals surface area contributed by atoms with Crippen LogP contribution in [0.15, 0.2) is 0 Å². The Labute approximate surface area is 82.0 Å². The SMILES string of the molecule is CCOCCCC1CCC(NC)C1. The first-order chi connectivity index (χ1) is 6.36. The molecule has 1 aliphatic carbocycles. The van der Waals surface area contributed by atoms with E-state index in [1.807, 2.05) is 0 Å². The van der Waals surface area contributed by atoms with E-state index in [2.05, 4.69) is 19.3 Å². The van der Waals surface area contributed by atoms with Gasteiger partial charge in [0.2, 0.25) is 0 Å². The van der Waals surface area contributed by atoms with E-state index in [1.54, 1.807) is 0 Å². The second-order valence-corrected chi connectivity index (χ2v) is 4.00. The van der Waals surface area contributed by atoms with Crippen LogP contribution < -0.4 is 5.32 Å². The molecule has 1 aliphatic rings. The fourth-order valence-electron chi connectivity index (χ4n) is 2.22. The first kappa shape index (κ1) is 11.0. The maximum absolute atomic E-state index is 5.33. The molecular weight excluding hydrogens is 162 g/mol. The molecule has 0 aliphatic heterocycles. The molecule has 1 fully saturated rings. The van der Waals surface area contributed by atoms with Gasteiger partial charge in [0, 0.05) is 19.3 Å². The summed E-state index contributed by atoms with van der Waals surface area (Å²) in [6, 6.07) is 0.789. The van der Waals surface area contributed by atoms with Gasteiger partial charge in [-0.3, -0.25) is 0 Å². The Bertz CT molecular complexity index is 127. The van der Waals surface area contributed by atoms with Crippen molar-refractivity contribution in [3.8, 4) is 0 Å². The fraction of sp³-hybridized carbons (Fsp3) is 1.00. The lowest BCUT2D eigenvalue weighted by atomic mass is 10.0. The van der Waals surface area contributed by atoms with Crippen LogP contribution in [-0.4, -0.2) is 26.3 Å². The minimum Gasteiger partial charge on any atom is -0.382 e. The van der Waals surface area contributed by atoms with Gasteiger partial charge in [0.25, 0.3) is 0 Å². The Morgan fingerprint density at radius 1 is 1.38 bits per heavy atom. The minimum atomic E-state index is 0.789. The average molecular weight is 185 g/mol. The van der Waals surface area contributed by atoms with Crippen molar-refractivity contribution in [3.05, 3.63) is 0 Å². The van der Waals surface area contributed by atoms with Crippen LogP contribution in [0.2, 0.25) is 0 Å². The Balaban J connectivity index is 1.97. The van der Waals surface area contributed by atoms with E-state index in [0.717, 1.165) is 25.2 Å². The van der Waals surface area contributed by atoms with E-state index in [-0.39, 0.29) is 0 Å². The molecule has 0 aromatic rings. The molecule has 13 heavy (non-hydrogen) atoms. The molecule has 2 heteroatoms. The topological polar surface area (TPSA) is 21.3 Å². The molecule has 2 atom stereocenters. The highest BCUT2D eigenvalue weighted by molar-refractivity contribution is 4.79. The van der Waals surface area contributed by atoms with Crippen LogP contribution in [0.25, 0.3) is 0 Å². The van der Waals surface area contributed by atoms with Gasteiger partial charge in [-0.2, -0.15) is 0 Å². The molecule has 0 spiro atoms. The summed E-state index contributed by atoms with van der Waals surface area (Å²) in [6.07, 6.45) is 6.77. The number of hydrogen-bond acceptors (Lipinski definition) is 2. The molecule has 2 nitrogen and oxygen atoms in total. The summed E-state index contributed by atoms with van der Waals surface area (Å²) in [5.41, 5.74) is 0. The van der Waals surface area contributed by atoms with Crippen molar-refractivity contribution >= 4 is 0 Å². The predicted octanol–water partition coefficient (Wildman–Crippen LogP) is 2.19. The molecule has 0 aromatic carbocycles. The van der Waals surface area contributed by atoms with Crippen molar-refractivity contribution in [2.75, 3.05) is 20.3 Å². The Hall–Kier alpha value is -0.0800. The summed E-state index contributed by atoms with van der Waals surface area (Å²) in [5, 5.41) is 3.36. The average Bonchev–Trinajstić information content (AvgIpc) is 2.60. The summed E-state index contributed by atoms with van der Waals surface area (Å²) in [6.45, 7) is 3.88. The third-order valence-electron chi connectivity index (χ3n) is 3.05. The molecule has 0 aromatic heterocycles. The van der Waals surface area contributed by atoms with Crippen molar-refractivity contribution in [3.63, 3.8) is 0 Å². The van der Waals surface area contributed by atoms with E-state index >= 15 is 0 Å². The second kappa shape index (κ2) is 6.39. The quantitative estimate of drug-likeness (QED) is 0.640. The Morgan fingerprint density at radius 2 is 2.23 bits per heavy atom. The van der Waals surface area contributed by atoms with Gasteiger partial charge < -0.3 is 10.1 Å². The molecule has 0 bridgehead atoms. The van der Waals surface area contributed by atoms with Crippen LogP contribution >= 0.6 is 0 Å². The molecule has 1 N–H and O–H groups in total. The zero-order chi connectivity index (χ0) is 9.52. The number of ether oxygens (including phenoxy) is 1. The normalized spacial score (nSPS) is 28.2. The zero-order valence-electron chi connectivity index (χ0n) is 9.01. The van der Waals surface area contributed by atoms with Crippen LogP contribution in [0.1, 0.15) is 39.0 Å². The van der Waals surface area contributed by atoms with Crippen molar-refractivity contribution in [2.24, 2.45) is 5.92 Å². The monoisotopic (exact) mass is 185 g/mol. The summed E-state index contributed by atoms with van der Waals surface area (Å²) in [7, 11) is 2.08. The van der Waals surface area contributed by atoms with Gasteiger partial charge in [-0.1, -0.05) is 0 Å². The van der Waals surface area contributed by atoms with Crippen molar-refractivity contribution in [1.29, 1.82) is 0 Å². The van der Waals surface area contributed by atoms with E-state index in [1.165, 1.54) is 32.1 Å². The van der Waals surface area contributed by atoms with Crippen molar-refractivity contribution < 1.29 is 4.74 Å². The van der Waals surface area contributed by atoms with Gasteiger partial charge in [0.15, 0.2) is 0 Å². The molecule has 78 valence electrons. The highest BCUT2D eigenvalue weighted by Gasteiger charge is 2.22. The molecular formula is C11H23NO. The molecule has 1 rings (SSSR count). The largest absolute Gasteiger partial charge is 0.382 e. The predicted molar refractivity (Wildman–Crippen MR) is 55.9 cm³/mol. The molecule has 0 heterocycles. The number of rotatable bonds is 6. The van der Waals surface area contributed by atoms with Crippen molar-refractivity contribution in [1.82, 2.24) is 5.32 Å². The van der Waals surface area contributed by atoms with E-state index < -0.39 is 0 Å². The maximum atomic E-state index is 5.33. The lowest BCUT2D eigenvalue weighted by Crippen LogP contribution is -2.21. The van der Waals surface area contributed by atoms with Gasteiger partial charge in [0.05, 0.1) is 0 Å². The second-order valence-electron chi connectivity index (χ2n) is 4.00. The third-order valence-corrected chi connectivity index (χ3v) is 3.05. The molecule has 2 unspecified atom stereocenters. The maximum Gasteiger partial charge on any atom is 0.0465 e. The van der Waals surface area contributed by atoms with Crippen molar-refractivity contribution in [2.45, 2.75) is 45.1 Å². The summed E-state index contributed by atoms with van der Waals surface area (Å²) >= 11 is 0. The molecule has 0 amide bonds. The number of hydrogen-bond donors (Lipinski definition) is 1. The van der Waals surface area contributed by atoms with E-state index in [9.17, 15) is 0 Å². The number of nitrogens with one attached hydrogen (secondary N) is 1. The van der Waals surface area contributed by atoms with Crippen LogP contribution in [0, 0.1) is 5.92 Å². The van der Waals surface area contributed by atoms with E-state index in [0.29, 0.717) is 0 Å². The highest BCUT2D eigenvalue weighted by atomic mass is 16.5. The van der Waals surface area contributed by atoms with Crippen LogP contribution in [0.4, 0.5) is 0 Å². The molecule has 1 saturated carbocycles. The fourth-order valence-corrected chi connectivity index (χ4v) is 2.22. The van der Waals surface area contributed by atoms with Gasteiger partial charge >= 0.3 is 0 Å². The summed E-state index contributed by atoms with van der Waals surface area (Å²) in [5.74, 6) is 0.956. The van der Waals surface area contributed by atoms with Crippen LogP contribution in [-0.2, 0) is 4.74 Å². The Morgan fingerprint density at radius 3 is 2.85 bits per heavy atom. The first-order valence-corrected chi connectivity index (χ1v) is 5.61. The van der Waals surface area contributed by atoms with Gasteiger partial charge in [-0.05, 0) is 52.0 Å². The minimum absolute atomic E-state index is 0.789. The van der Waals surface area contributed by atoms with Gasteiger partial charge in [-0.15, -0.1) is 0 Å². The zero-order valence-corrected chi connectivity index (χ0v) is 9.01. The van der Waals surface area contributed by atoms with Gasteiger partial charge in [0.1, 0.15) is 0 Å². The highest BCUT2D eigenvalue weighted by Crippen LogP contribution is 2.28. The Kier molecular flexibility index (Phi) is 5.40. The van der Waals surface area contributed by atoms with Crippen LogP contribution in [0.3, 0.4) is 0 Å². The summed E-state index contributed by atoms with van der Waals surface area (Å²) in [4.78, 5) is 0. The lowest BCUT2D eigenvalue weighted by Gasteiger charge is -2.10. The smallest absolute Gasteiger partial charge is 0.0465 e. The molecule has 0 radical (unpaired) electrons. The van der Waals surface area contributed by atoms with E-state index in [4.69, 9.17) is 4.74 Å². The first-order valence-electron chi connectivity index (χ1n) is 5.61. The molecule has 0 saturated heterocycles. The lowest BCUT2D eigenvalue weighted by molar-refractivity contribution is 0.139. The third kappa shape index (κ3) is 4.10. The van der Waals surface area contributed by atoms with Crippen LogP contribution in [0.5, 0.6) is 0 Å². The van der Waals surface area contributed by atoms with Gasteiger partial charge in [-0.25, -0.2) is 0 Å².